The Morgan fingerprint density at radius 3 is 2.78 bits per heavy atom. The van der Waals surface area contributed by atoms with Gasteiger partial charge in [-0.1, -0.05) is 18.2 Å². The second kappa shape index (κ2) is 6.03. The number of benzene rings is 1. The van der Waals surface area contributed by atoms with E-state index in [0.717, 1.165) is 44.6 Å². The maximum atomic E-state index is 13.0. The van der Waals surface area contributed by atoms with Crippen LogP contribution in [0, 0.1) is 0 Å². The summed E-state index contributed by atoms with van der Waals surface area (Å²) in [4.78, 5) is 21.0. The van der Waals surface area contributed by atoms with Crippen LogP contribution in [0.1, 0.15) is 29.9 Å². The van der Waals surface area contributed by atoms with Crippen LogP contribution < -0.4 is 4.90 Å². The minimum Gasteiger partial charge on any atom is -0.324 e. The van der Waals surface area contributed by atoms with Crippen molar-refractivity contribution < 1.29 is 4.79 Å². The molecule has 3 heterocycles. The lowest BCUT2D eigenvalue weighted by molar-refractivity contribution is 0.214. The Labute approximate surface area is 136 Å². The Hall–Kier alpha value is -2.36. The predicted molar refractivity (Wildman–Crippen MR) is 90.7 cm³/mol. The number of aromatic nitrogens is 1. The van der Waals surface area contributed by atoms with Gasteiger partial charge in [0, 0.05) is 43.6 Å². The third-order valence-electron chi connectivity index (χ3n) is 4.98. The molecular weight excluding hydrogens is 286 g/mol. The lowest BCUT2D eigenvalue weighted by Gasteiger charge is -2.32. The van der Waals surface area contributed by atoms with Gasteiger partial charge in [0.15, 0.2) is 0 Å². The number of hydrogen-bond acceptors (Lipinski definition) is 2. The van der Waals surface area contributed by atoms with E-state index in [1.165, 1.54) is 11.1 Å². The lowest BCUT2D eigenvalue weighted by Crippen LogP contribution is -2.44. The molecule has 1 fully saturated rings. The zero-order valence-electron chi connectivity index (χ0n) is 13.2. The minimum absolute atomic E-state index is 0.161. The summed E-state index contributed by atoms with van der Waals surface area (Å²) in [6.07, 6.45) is 6.82. The molecule has 1 saturated heterocycles. The van der Waals surface area contributed by atoms with Gasteiger partial charge >= 0.3 is 6.03 Å². The van der Waals surface area contributed by atoms with Crippen LogP contribution in [0.2, 0.25) is 0 Å². The molecule has 118 valence electrons. The predicted octanol–water partition coefficient (Wildman–Crippen LogP) is 3.44. The summed E-state index contributed by atoms with van der Waals surface area (Å²) in [6, 6.07) is 12.6. The molecule has 4 rings (SSSR count). The van der Waals surface area contributed by atoms with E-state index in [0.29, 0.717) is 5.92 Å². The van der Waals surface area contributed by atoms with E-state index < -0.39 is 0 Å². The highest BCUT2D eigenvalue weighted by Gasteiger charge is 2.32. The summed E-state index contributed by atoms with van der Waals surface area (Å²) < 4.78 is 0. The minimum atomic E-state index is 0.161. The van der Waals surface area contributed by atoms with Crippen molar-refractivity contribution in [2.24, 2.45) is 0 Å². The van der Waals surface area contributed by atoms with Crippen LogP contribution in [0.5, 0.6) is 0 Å². The van der Waals surface area contributed by atoms with E-state index in [9.17, 15) is 4.79 Å². The molecule has 1 atom stereocenters. The third kappa shape index (κ3) is 2.69. The van der Waals surface area contributed by atoms with Crippen molar-refractivity contribution in [2.45, 2.75) is 25.2 Å². The molecule has 0 unspecified atom stereocenters. The van der Waals surface area contributed by atoms with Crippen molar-refractivity contribution in [3.8, 4) is 0 Å². The van der Waals surface area contributed by atoms with Gasteiger partial charge in [0.25, 0.3) is 0 Å². The number of pyridine rings is 1. The number of para-hydroxylation sites is 1. The lowest BCUT2D eigenvalue weighted by atomic mass is 10.00. The van der Waals surface area contributed by atoms with Crippen molar-refractivity contribution >= 4 is 11.7 Å². The monoisotopic (exact) mass is 307 g/mol. The average molecular weight is 307 g/mol. The molecule has 4 nitrogen and oxygen atoms in total. The number of hydrogen-bond donors (Lipinski definition) is 0. The standard InChI is InChI=1S/C19H21N3O/c23-19(22-12-3-5-16-4-1-2-6-18(16)22)21-13-9-17(14-21)15-7-10-20-11-8-15/h1-2,4,6-8,10-11,17H,3,5,9,12-14H2/t17-/m1/s1. The van der Waals surface area contributed by atoms with Crippen molar-refractivity contribution in [1.29, 1.82) is 0 Å². The molecule has 1 aromatic carbocycles. The zero-order chi connectivity index (χ0) is 15.6. The van der Waals surface area contributed by atoms with Crippen molar-refractivity contribution in [2.75, 3.05) is 24.5 Å². The van der Waals surface area contributed by atoms with Crippen molar-refractivity contribution in [3.63, 3.8) is 0 Å². The number of fused-ring (bicyclic) bond motifs is 1. The number of anilines is 1. The molecule has 0 N–H and O–H groups in total. The van der Waals surface area contributed by atoms with E-state index in [1.54, 1.807) is 0 Å². The fourth-order valence-corrected chi connectivity index (χ4v) is 3.74. The van der Waals surface area contributed by atoms with Crippen LogP contribution in [-0.2, 0) is 6.42 Å². The molecular formula is C19H21N3O. The quantitative estimate of drug-likeness (QED) is 0.809. The van der Waals surface area contributed by atoms with Crippen LogP contribution in [0.3, 0.4) is 0 Å². The molecule has 2 aromatic rings. The average Bonchev–Trinajstić information content (AvgIpc) is 3.11. The topological polar surface area (TPSA) is 36.4 Å². The molecule has 0 bridgehead atoms. The van der Waals surface area contributed by atoms with Gasteiger partial charge in [0.1, 0.15) is 0 Å². The number of aryl methyl sites for hydroxylation is 1. The Morgan fingerprint density at radius 2 is 1.91 bits per heavy atom. The second-order valence-electron chi connectivity index (χ2n) is 6.38. The number of carbonyl (C=O) groups excluding carboxylic acids is 1. The van der Waals surface area contributed by atoms with Crippen molar-refractivity contribution in [1.82, 2.24) is 9.88 Å². The molecule has 2 amide bonds. The molecule has 2 aliphatic rings. The van der Waals surface area contributed by atoms with Gasteiger partial charge in [-0.25, -0.2) is 4.79 Å². The van der Waals surface area contributed by atoms with Gasteiger partial charge in [0.2, 0.25) is 0 Å². The van der Waals surface area contributed by atoms with Crippen LogP contribution in [0.4, 0.5) is 10.5 Å². The second-order valence-corrected chi connectivity index (χ2v) is 6.38. The molecule has 1 aromatic heterocycles. The van der Waals surface area contributed by atoms with Crippen LogP contribution in [0.15, 0.2) is 48.8 Å². The first-order valence-corrected chi connectivity index (χ1v) is 8.37. The van der Waals surface area contributed by atoms with Gasteiger partial charge in [-0.05, 0) is 48.6 Å². The Kier molecular flexibility index (Phi) is 3.74. The highest BCUT2D eigenvalue weighted by atomic mass is 16.2. The molecule has 0 radical (unpaired) electrons. The highest BCUT2D eigenvalue weighted by Crippen LogP contribution is 2.31. The van der Waals surface area contributed by atoms with Crippen LogP contribution in [-0.4, -0.2) is 35.5 Å². The third-order valence-corrected chi connectivity index (χ3v) is 4.98. The number of rotatable bonds is 1. The van der Waals surface area contributed by atoms with E-state index >= 15 is 0 Å². The first-order chi connectivity index (χ1) is 11.3. The number of amides is 2. The number of urea groups is 1. The molecule has 0 aliphatic carbocycles. The summed E-state index contributed by atoms with van der Waals surface area (Å²) in [7, 11) is 0. The van der Waals surface area contributed by atoms with E-state index in [-0.39, 0.29) is 6.03 Å². The summed E-state index contributed by atoms with van der Waals surface area (Å²) in [5.74, 6) is 0.432. The first-order valence-electron chi connectivity index (χ1n) is 8.37. The van der Waals surface area contributed by atoms with Crippen LogP contribution in [0.25, 0.3) is 0 Å². The summed E-state index contributed by atoms with van der Waals surface area (Å²) in [5, 5.41) is 0. The molecule has 23 heavy (non-hydrogen) atoms. The first kappa shape index (κ1) is 14.2. The summed E-state index contributed by atoms with van der Waals surface area (Å²) >= 11 is 0. The number of carbonyl (C=O) groups is 1. The van der Waals surface area contributed by atoms with Gasteiger partial charge in [-0.3, -0.25) is 9.88 Å². The highest BCUT2D eigenvalue weighted by molar-refractivity contribution is 5.93. The van der Waals surface area contributed by atoms with Gasteiger partial charge < -0.3 is 4.90 Å². The van der Waals surface area contributed by atoms with Gasteiger partial charge in [-0.15, -0.1) is 0 Å². The maximum Gasteiger partial charge on any atom is 0.324 e. The Morgan fingerprint density at radius 1 is 1.09 bits per heavy atom. The van der Waals surface area contributed by atoms with Gasteiger partial charge in [0.05, 0.1) is 0 Å². The maximum absolute atomic E-state index is 13.0. The fourth-order valence-electron chi connectivity index (χ4n) is 3.74. The SMILES string of the molecule is O=C(N1CC[C@@H](c2ccncc2)C1)N1CCCc2ccccc21. The largest absolute Gasteiger partial charge is 0.324 e. The number of nitrogens with zero attached hydrogens (tertiary/aromatic N) is 3. The van der Waals surface area contributed by atoms with Gasteiger partial charge in [-0.2, -0.15) is 0 Å². The molecule has 0 saturated carbocycles. The molecule has 2 aliphatic heterocycles. The smallest absolute Gasteiger partial charge is 0.324 e. The van der Waals surface area contributed by atoms with E-state index in [1.807, 2.05) is 28.3 Å². The van der Waals surface area contributed by atoms with Crippen LogP contribution >= 0.6 is 0 Å². The Bertz CT molecular complexity index is 701. The Balaban J connectivity index is 1.51. The zero-order valence-corrected chi connectivity index (χ0v) is 13.2. The normalized spacial score (nSPS) is 20.4. The van der Waals surface area contributed by atoms with E-state index in [4.69, 9.17) is 0 Å². The molecule has 0 spiro atoms. The fraction of sp³-hybridized carbons (Fsp3) is 0.368. The number of likely N-dealkylation sites (tertiary alicyclic amines) is 1. The van der Waals surface area contributed by atoms with Crippen molar-refractivity contribution in [3.05, 3.63) is 59.9 Å². The van der Waals surface area contributed by atoms with E-state index in [2.05, 4.69) is 35.3 Å². The molecule has 4 heteroatoms. The summed E-state index contributed by atoms with van der Waals surface area (Å²) in [6.45, 7) is 2.47. The summed E-state index contributed by atoms with van der Waals surface area (Å²) in [5.41, 5.74) is 3.67.